The topological polar surface area (TPSA) is 64.4 Å². The molecule has 4 heteroatoms. The molecular weight excluding hydrogens is 234 g/mol. The lowest BCUT2D eigenvalue weighted by Crippen LogP contribution is -2.23. The predicted molar refractivity (Wildman–Crippen MR) is 74.7 cm³/mol. The van der Waals surface area contributed by atoms with E-state index in [1.165, 1.54) is 36.8 Å². The maximum absolute atomic E-state index is 5.32. The molecule has 0 amide bonds. The Bertz CT molecular complexity index is 398. The molecule has 0 heterocycles. The first-order chi connectivity index (χ1) is 7.77. The van der Waals surface area contributed by atoms with Gasteiger partial charge in [-0.1, -0.05) is 18.2 Å². The van der Waals surface area contributed by atoms with Gasteiger partial charge in [0.2, 0.25) is 0 Å². The zero-order valence-electron chi connectivity index (χ0n) is 9.98. The zero-order chi connectivity index (χ0) is 11.4. The van der Waals surface area contributed by atoms with Crippen molar-refractivity contribution in [2.45, 2.75) is 32.1 Å². The van der Waals surface area contributed by atoms with Crippen molar-refractivity contribution in [1.82, 2.24) is 0 Å². The Balaban J connectivity index is 0.00000144. The zero-order valence-corrected chi connectivity index (χ0v) is 10.8. The number of halogens is 1. The third kappa shape index (κ3) is 3.63. The van der Waals surface area contributed by atoms with Crippen LogP contribution >= 0.6 is 12.4 Å². The van der Waals surface area contributed by atoms with Crippen molar-refractivity contribution in [3.8, 4) is 0 Å². The highest BCUT2D eigenvalue weighted by Crippen LogP contribution is 2.24. The molecule has 0 saturated heterocycles. The van der Waals surface area contributed by atoms with E-state index in [1.54, 1.807) is 5.56 Å². The highest BCUT2D eigenvalue weighted by Gasteiger charge is 2.11. The van der Waals surface area contributed by atoms with Crippen molar-refractivity contribution in [3.63, 3.8) is 0 Å². The summed E-state index contributed by atoms with van der Waals surface area (Å²) < 4.78 is 0. The minimum atomic E-state index is 0. The molecular formula is C13H20ClN3. The van der Waals surface area contributed by atoms with Crippen molar-refractivity contribution < 1.29 is 0 Å². The fourth-order valence-electron chi connectivity index (χ4n) is 2.40. The van der Waals surface area contributed by atoms with E-state index >= 15 is 0 Å². The van der Waals surface area contributed by atoms with Gasteiger partial charge in [-0.15, -0.1) is 12.4 Å². The standard InChI is InChI=1S/C13H19N3.ClH/c14-13(15)16-9-8-11-6-3-5-10-4-1-2-7-12(10)11;/h3,5-6H,1-2,4,7-9H2,(H4,14,15,16);1H. The molecule has 1 aromatic rings. The Morgan fingerprint density at radius 2 is 1.94 bits per heavy atom. The van der Waals surface area contributed by atoms with Gasteiger partial charge in [0.15, 0.2) is 5.96 Å². The van der Waals surface area contributed by atoms with Crippen LogP contribution in [-0.4, -0.2) is 12.5 Å². The number of aryl methyl sites for hydroxylation is 1. The van der Waals surface area contributed by atoms with Crippen LogP contribution in [0, 0.1) is 0 Å². The molecule has 4 N–H and O–H groups in total. The highest BCUT2D eigenvalue weighted by molar-refractivity contribution is 5.85. The Morgan fingerprint density at radius 1 is 1.18 bits per heavy atom. The average Bonchev–Trinajstić information content (AvgIpc) is 2.29. The smallest absolute Gasteiger partial charge is 0.185 e. The van der Waals surface area contributed by atoms with E-state index in [-0.39, 0.29) is 18.4 Å². The molecule has 94 valence electrons. The number of benzene rings is 1. The second-order valence-corrected chi connectivity index (χ2v) is 4.32. The molecule has 0 atom stereocenters. The van der Waals surface area contributed by atoms with Gasteiger partial charge < -0.3 is 11.5 Å². The van der Waals surface area contributed by atoms with Crippen LogP contribution in [0.5, 0.6) is 0 Å². The molecule has 0 unspecified atom stereocenters. The molecule has 1 aliphatic carbocycles. The summed E-state index contributed by atoms with van der Waals surface area (Å²) in [5, 5.41) is 0. The van der Waals surface area contributed by atoms with E-state index in [0.717, 1.165) is 6.42 Å². The monoisotopic (exact) mass is 253 g/mol. The number of nitrogens with two attached hydrogens (primary N) is 2. The van der Waals surface area contributed by atoms with Crippen LogP contribution < -0.4 is 11.5 Å². The predicted octanol–water partition coefficient (Wildman–Crippen LogP) is 1.80. The van der Waals surface area contributed by atoms with Gasteiger partial charge in [-0.2, -0.15) is 0 Å². The summed E-state index contributed by atoms with van der Waals surface area (Å²) in [6.45, 7) is 0.693. The van der Waals surface area contributed by atoms with Gasteiger partial charge in [0, 0.05) is 6.54 Å². The van der Waals surface area contributed by atoms with E-state index in [2.05, 4.69) is 23.2 Å². The summed E-state index contributed by atoms with van der Waals surface area (Å²) >= 11 is 0. The van der Waals surface area contributed by atoms with E-state index < -0.39 is 0 Å². The molecule has 1 aliphatic rings. The van der Waals surface area contributed by atoms with Gasteiger partial charge in [-0.05, 0) is 48.8 Å². The number of fused-ring (bicyclic) bond motifs is 1. The fourth-order valence-corrected chi connectivity index (χ4v) is 2.40. The van der Waals surface area contributed by atoms with Gasteiger partial charge >= 0.3 is 0 Å². The highest BCUT2D eigenvalue weighted by atomic mass is 35.5. The first kappa shape index (κ1) is 13.8. The molecule has 0 saturated carbocycles. The Morgan fingerprint density at radius 3 is 2.71 bits per heavy atom. The largest absolute Gasteiger partial charge is 0.370 e. The number of aliphatic imine (C=N–C) groups is 1. The van der Waals surface area contributed by atoms with E-state index in [1.807, 2.05) is 0 Å². The number of rotatable bonds is 3. The molecule has 3 nitrogen and oxygen atoms in total. The van der Waals surface area contributed by atoms with Gasteiger partial charge in [-0.25, -0.2) is 0 Å². The number of hydrogen-bond donors (Lipinski definition) is 2. The first-order valence-corrected chi connectivity index (χ1v) is 5.92. The maximum atomic E-state index is 5.32. The summed E-state index contributed by atoms with van der Waals surface area (Å²) in [5.74, 6) is 0.185. The maximum Gasteiger partial charge on any atom is 0.185 e. The fraction of sp³-hybridized carbons (Fsp3) is 0.462. The molecule has 1 aromatic carbocycles. The summed E-state index contributed by atoms with van der Waals surface area (Å²) in [5.41, 5.74) is 15.1. The second kappa shape index (κ2) is 6.50. The lowest BCUT2D eigenvalue weighted by molar-refractivity contribution is 0.677. The van der Waals surface area contributed by atoms with Crippen LogP contribution in [-0.2, 0) is 19.3 Å². The minimum Gasteiger partial charge on any atom is -0.370 e. The number of hydrogen-bond acceptors (Lipinski definition) is 1. The minimum absolute atomic E-state index is 0. The Hall–Kier alpha value is -1.22. The Labute approximate surface area is 109 Å². The third-order valence-electron chi connectivity index (χ3n) is 3.17. The number of nitrogens with zero attached hydrogens (tertiary/aromatic N) is 1. The SMILES string of the molecule is Cl.NC(N)=NCCc1cccc2c1CCCC2. The lowest BCUT2D eigenvalue weighted by atomic mass is 9.87. The van der Waals surface area contributed by atoms with Crippen LogP contribution in [0.15, 0.2) is 23.2 Å². The van der Waals surface area contributed by atoms with E-state index in [9.17, 15) is 0 Å². The second-order valence-electron chi connectivity index (χ2n) is 4.32. The lowest BCUT2D eigenvalue weighted by Gasteiger charge is -2.18. The van der Waals surface area contributed by atoms with E-state index in [0.29, 0.717) is 6.54 Å². The number of guanidine groups is 1. The van der Waals surface area contributed by atoms with Crippen molar-refractivity contribution in [2.24, 2.45) is 16.5 Å². The van der Waals surface area contributed by atoms with Gasteiger partial charge in [0.1, 0.15) is 0 Å². The molecule has 0 radical (unpaired) electrons. The molecule has 0 spiro atoms. The van der Waals surface area contributed by atoms with Crippen LogP contribution in [0.25, 0.3) is 0 Å². The van der Waals surface area contributed by atoms with Crippen molar-refractivity contribution in [2.75, 3.05) is 6.54 Å². The summed E-state index contributed by atoms with van der Waals surface area (Å²) in [6.07, 6.45) is 6.02. The first-order valence-electron chi connectivity index (χ1n) is 5.92. The van der Waals surface area contributed by atoms with Crippen molar-refractivity contribution in [3.05, 3.63) is 34.9 Å². The summed E-state index contributed by atoms with van der Waals surface area (Å²) in [6, 6.07) is 6.60. The normalized spacial score (nSPS) is 13.4. The quantitative estimate of drug-likeness (QED) is 0.637. The van der Waals surface area contributed by atoms with Crippen molar-refractivity contribution >= 4 is 18.4 Å². The third-order valence-corrected chi connectivity index (χ3v) is 3.17. The van der Waals surface area contributed by atoms with Gasteiger partial charge in [-0.3, -0.25) is 4.99 Å². The molecule has 0 fully saturated rings. The molecule has 17 heavy (non-hydrogen) atoms. The average molecular weight is 254 g/mol. The van der Waals surface area contributed by atoms with Crippen LogP contribution in [0.3, 0.4) is 0 Å². The van der Waals surface area contributed by atoms with Crippen LogP contribution in [0.1, 0.15) is 29.5 Å². The van der Waals surface area contributed by atoms with Crippen LogP contribution in [0.2, 0.25) is 0 Å². The van der Waals surface area contributed by atoms with E-state index in [4.69, 9.17) is 11.5 Å². The molecule has 2 rings (SSSR count). The molecule has 0 aliphatic heterocycles. The Kier molecular flexibility index (Phi) is 5.29. The summed E-state index contributed by atoms with van der Waals surface area (Å²) in [7, 11) is 0. The van der Waals surface area contributed by atoms with Crippen LogP contribution in [0.4, 0.5) is 0 Å². The van der Waals surface area contributed by atoms with Gasteiger partial charge in [0.05, 0.1) is 0 Å². The molecule has 0 aromatic heterocycles. The molecule has 0 bridgehead atoms. The summed E-state index contributed by atoms with van der Waals surface area (Å²) in [4.78, 5) is 4.04. The van der Waals surface area contributed by atoms with Gasteiger partial charge in [0.25, 0.3) is 0 Å². The van der Waals surface area contributed by atoms with Crippen molar-refractivity contribution in [1.29, 1.82) is 0 Å².